The molecule has 0 radical (unpaired) electrons. The minimum atomic E-state index is -0.212. The van der Waals surface area contributed by atoms with Crippen molar-refractivity contribution in [2.45, 2.75) is 38.2 Å². The molecule has 1 fully saturated rings. The predicted octanol–water partition coefficient (Wildman–Crippen LogP) is 3.44. The lowest BCUT2D eigenvalue weighted by atomic mass is 10.1. The van der Waals surface area contributed by atoms with Crippen LogP contribution in [0.4, 0.5) is 0 Å². The summed E-state index contributed by atoms with van der Waals surface area (Å²) in [4.78, 5) is 11.8. The van der Waals surface area contributed by atoms with Crippen LogP contribution in [0.15, 0.2) is 30.3 Å². The second-order valence-corrected chi connectivity index (χ2v) is 8.20. The second-order valence-electron chi connectivity index (χ2n) is 5.82. The van der Waals surface area contributed by atoms with Gasteiger partial charge in [-0.2, -0.15) is 0 Å². The number of ether oxygens (including phenoxy) is 2. The molecule has 0 spiro atoms. The number of hydrogen-bond acceptors (Lipinski definition) is 3. The highest BCUT2D eigenvalue weighted by molar-refractivity contribution is 7.96. The summed E-state index contributed by atoms with van der Waals surface area (Å²) < 4.78 is 11.0. The second kappa shape index (κ2) is 9.90. The van der Waals surface area contributed by atoms with Gasteiger partial charge in [0.1, 0.15) is 18.1 Å². The van der Waals surface area contributed by atoms with Crippen molar-refractivity contribution in [3.05, 3.63) is 35.9 Å². The van der Waals surface area contributed by atoms with Crippen LogP contribution in [0.3, 0.4) is 0 Å². The first-order valence-corrected chi connectivity index (χ1v) is 10.2. The smallest absolute Gasteiger partial charge is 0.338 e. The molecule has 122 valence electrons. The average Bonchev–Trinajstić information content (AvgIpc) is 3.06. The molecule has 1 saturated heterocycles. The molecule has 1 heterocycles. The number of carbonyl (C=O) groups excluding carboxylic acids is 1. The van der Waals surface area contributed by atoms with Gasteiger partial charge in [-0.15, -0.1) is 0 Å². The van der Waals surface area contributed by atoms with E-state index in [0.717, 1.165) is 12.4 Å². The third kappa shape index (κ3) is 6.41. The largest absolute Gasteiger partial charge is 0.457 e. The lowest BCUT2D eigenvalue weighted by Gasteiger charge is -2.09. The van der Waals surface area contributed by atoms with Gasteiger partial charge in [0.15, 0.2) is 0 Å². The number of hydrogen-bond donors (Lipinski definition) is 0. The van der Waals surface area contributed by atoms with E-state index in [4.69, 9.17) is 9.47 Å². The molecular formula is C18H27O3S+. The fraction of sp³-hybridized carbons (Fsp3) is 0.611. The van der Waals surface area contributed by atoms with E-state index in [9.17, 15) is 4.79 Å². The van der Waals surface area contributed by atoms with E-state index < -0.39 is 0 Å². The van der Waals surface area contributed by atoms with Crippen LogP contribution in [0.25, 0.3) is 0 Å². The van der Waals surface area contributed by atoms with E-state index in [-0.39, 0.29) is 5.97 Å². The monoisotopic (exact) mass is 323 g/mol. The van der Waals surface area contributed by atoms with Crippen molar-refractivity contribution in [1.82, 2.24) is 0 Å². The van der Waals surface area contributed by atoms with Crippen LogP contribution < -0.4 is 0 Å². The Balaban J connectivity index is 1.50. The maximum Gasteiger partial charge on any atom is 0.338 e. The zero-order valence-electron chi connectivity index (χ0n) is 13.5. The summed E-state index contributed by atoms with van der Waals surface area (Å²) in [6, 6.07) is 9.19. The molecule has 2 unspecified atom stereocenters. The Morgan fingerprint density at radius 2 is 2.09 bits per heavy atom. The Bertz CT molecular complexity index is 429. The Morgan fingerprint density at radius 1 is 1.27 bits per heavy atom. The molecule has 22 heavy (non-hydrogen) atoms. The summed E-state index contributed by atoms with van der Waals surface area (Å²) in [6.45, 7) is 1.48. The third-order valence-corrected chi connectivity index (χ3v) is 5.82. The van der Waals surface area contributed by atoms with Crippen molar-refractivity contribution in [2.24, 2.45) is 0 Å². The Kier molecular flexibility index (Phi) is 7.81. The first kappa shape index (κ1) is 17.4. The van der Waals surface area contributed by atoms with Gasteiger partial charge >= 0.3 is 5.97 Å². The summed E-state index contributed by atoms with van der Waals surface area (Å²) >= 11 is 0. The molecule has 2 rings (SSSR count). The molecule has 0 N–H and O–H groups in total. The Morgan fingerprint density at radius 3 is 2.82 bits per heavy atom. The molecule has 1 aliphatic heterocycles. The fourth-order valence-electron chi connectivity index (χ4n) is 2.63. The van der Waals surface area contributed by atoms with Crippen LogP contribution in [-0.4, -0.2) is 43.0 Å². The van der Waals surface area contributed by atoms with Gasteiger partial charge in [-0.25, -0.2) is 4.79 Å². The lowest BCUT2D eigenvalue weighted by molar-refractivity contribution is 0.0530. The minimum Gasteiger partial charge on any atom is -0.457 e. The highest BCUT2D eigenvalue weighted by Gasteiger charge is 2.16. The first-order chi connectivity index (χ1) is 10.8. The number of rotatable bonds is 9. The van der Waals surface area contributed by atoms with E-state index >= 15 is 0 Å². The quantitative estimate of drug-likeness (QED) is 0.397. The van der Waals surface area contributed by atoms with Crippen molar-refractivity contribution < 1.29 is 14.3 Å². The van der Waals surface area contributed by atoms with Crippen LogP contribution in [0.2, 0.25) is 0 Å². The van der Waals surface area contributed by atoms with Crippen molar-refractivity contribution in [3.63, 3.8) is 0 Å². The maximum atomic E-state index is 11.8. The van der Waals surface area contributed by atoms with E-state index in [1.54, 1.807) is 12.1 Å². The average molecular weight is 323 g/mol. The van der Waals surface area contributed by atoms with Crippen LogP contribution in [0.5, 0.6) is 0 Å². The zero-order chi connectivity index (χ0) is 15.6. The molecule has 0 saturated carbocycles. The minimum absolute atomic E-state index is 0.212. The van der Waals surface area contributed by atoms with E-state index in [1.807, 2.05) is 18.2 Å². The van der Waals surface area contributed by atoms with Crippen molar-refractivity contribution in [1.29, 1.82) is 0 Å². The molecule has 0 amide bonds. The highest BCUT2D eigenvalue weighted by Crippen LogP contribution is 2.17. The molecule has 4 heteroatoms. The van der Waals surface area contributed by atoms with Crippen LogP contribution >= 0.6 is 0 Å². The molecule has 0 aromatic heterocycles. The van der Waals surface area contributed by atoms with Crippen molar-refractivity contribution in [2.75, 3.05) is 31.0 Å². The summed E-state index contributed by atoms with van der Waals surface area (Å²) in [5.41, 5.74) is 0.634. The van der Waals surface area contributed by atoms with Crippen LogP contribution in [0.1, 0.15) is 42.5 Å². The number of esters is 1. The molecule has 0 bridgehead atoms. The van der Waals surface area contributed by atoms with Gasteiger partial charge in [0.2, 0.25) is 0 Å². The lowest BCUT2D eigenvalue weighted by Crippen LogP contribution is -2.17. The molecular weight excluding hydrogens is 296 g/mol. The van der Waals surface area contributed by atoms with E-state index in [2.05, 4.69) is 6.26 Å². The Hall–Kier alpha value is -1.00. The van der Waals surface area contributed by atoms with Gasteiger partial charge in [0, 0.05) is 6.61 Å². The van der Waals surface area contributed by atoms with E-state index in [0.29, 0.717) is 29.2 Å². The van der Waals surface area contributed by atoms with Crippen molar-refractivity contribution >= 4 is 16.9 Å². The van der Waals surface area contributed by atoms with Gasteiger partial charge < -0.3 is 9.47 Å². The normalized spacial score (nSPS) is 19.0. The maximum absolute atomic E-state index is 11.8. The summed E-state index contributed by atoms with van der Waals surface area (Å²) in [7, 11) is 0.336. The fourth-order valence-corrected chi connectivity index (χ4v) is 3.90. The molecule has 0 aliphatic carbocycles. The number of unbranched alkanes of at least 4 members (excludes halogenated alkanes) is 1. The Labute approximate surface area is 136 Å². The first-order valence-electron chi connectivity index (χ1n) is 8.18. The predicted molar refractivity (Wildman–Crippen MR) is 92.6 cm³/mol. The summed E-state index contributed by atoms with van der Waals surface area (Å²) in [5.74, 6) is 1.99. The topological polar surface area (TPSA) is 35.5 Å². The van der Waals surface area contributed by atoms with Crippen molar-refractivity contribution in [3.8, 4) is 0 Å². The van der Waals surface area contributed by atoms with Gasteiger partial charge in [0.05, 0.1) is 17.9 Å². The zero-order valence-corrected chi connectivity index (χ0v) is 14.3. The molecule has 2 atom stereocenters. The van der Waals surface area contributed by atoms with E-state index in [1.165, 1.54) is 37.9 Å². The highest BCUT2D eigenvalue weighted by atomic mass is 32.2. The van der Waals surface area contributed by atoms with Gasteiger partial charge in [0.25, 0.3) is 0 Å². The van der Waals surface area contributed by atoms with Gasteiger partial charge in [-0.3, -0.25) is 0 Å². The SMILES string of the molecule is C[S+](CCCCC1CCCO1)CCOC(=O)c1ccccc1. The number of benzene rings is 1. The summed E-state index contributed by atoms with van der Waals surface area (Å²) in [6.07, 6.45) is 8.98. The standard InChI is InChI=1S/C18H27O3S/c1-22(14-6-5-10-17-11-7-12-20-17)15-13-21-18(19)16-8-3-2-4-9-16/h2-4,8-9,17H,5-7,10-15H2,1H3/q+1. The van der Waals surface area contributed by atoms with Gasteiger partial charge in [-0.05, 0) is 55.1 Å². The summed E-state index contributed by atoms with van der Waals surface area (Å²) in [5, 5.41) is 0. The van der Waals surface area contributed by atoms with Crippen LogP contribution in [0, 0.1) is 0 Å². The van der Waals surface area contributed by atoms with Gasteiger partial charge in [-0.1, -0.05) is 18.2 Å². The molecule has 1 aromatic rings. The molecule has 3 nitrogen and oxygen atoms in total. The molecule has 1 aliphatic rings. The third-order valence-electron chi connectivity index (χ3n) is 3.97. The van der Waals surface area contributed by atoms with Crippen LogP contribution in [-0.2, 0) is 20.4 Å². The number of carbonyl (C=O) groups is 1. The molecule has 1 aromatic carbocycles.